The topological polar surface area (TPSA) is 12.0 Å². The number of unbranched alkanes of at least 4 members (excludes halogenated alkanes) is 3. The van der Waals surface area contributed by atoms with Gasteiger partial charge in [0.15, 0.2) is 0 Å². The number of hydrogen-bond donors (Lipinski definition) is 1. The van der Waals surface area contributed by atoms with Crippen molar-refractivity contribution < 1.29 is 8.78 Å². The van der Waals surface area contributed by atoms with Crippen LogP contribution >= 0.6 is 0 Å². The Morgan fingerprint density at radius 2 is 1.74 bits per heavy atom. The third-order valence-electron chi connectivity index (χ3n) is 3.38. The molecule has 0 bridgehead atoms. The highest BCUT2D eigenvalue weighted by molar-refractivity contribution is 5.23. The molecule has 1 rings (SSSR count). The Kier molecular flexibility index (Phi) is 7.65. The minimum atomic E-state index is -2.38. The van der Waals surface area contributed by atoms with E-state index in [2.05, 4.69) is 19.2 Å². The Morgan fingerprint density at radius 1 is 1.05 bits per heavy atom. The first-order valence-corrected chi connectivity index (χ1v) is 7.23. The lowest BCUT2D eigenvalue weighted by atomic mass is 10.1. The number of alkyl halides is 2. The van der Waals surface area contributed by atoms with Gasteiger partial charge >= 0.3 is 0 Å². The van der Waals surface area contributed by atoms with E-state index in [1.807, 2.05) is 0 Å². The van der Waals surface area contributed by atoms with Crippen LogP contribution in [0.1, 0.15) is 63.5 Å². The molecule has 0 aliphatic rings. The number of nitrogens with one attached hydrogen (secondary N) is 1. The van der Waals surface area contributed by atoms with Crippen molar-refractivity contribution in [3.05, 3.63) is 35.4 Å². The molecule has 0 saturated heterocycles. The highest BCUT2D eigenvalue weighted by Gasteiger charge is 2.06. The van der Waals surface area contributed by atoms with Crippen LogP contribution in [0.4, 0.5) is 8.78 Å². The van der Waals surface area contributed by atoms with E-state index < -0.39 is 6.43 Å². The minimum absolute atomic E-state index is 0.0939. The molecule has 1 aromatic rings. The average Bonchev–Trinajstić information content (AvgIpc) is 2.42. The van der Waals surface area contributed by atoms with E-state index in [1.165, 1.54) is 44.2 Å². The van der Waals surface area contributed by atoms with Crippen LogP contribution in [-0.2, 0) is 6.54 Å². The third-order valence-corrected chi connectivity index (χ3v) is 3.38. The fourth-order valence-corrected chi connectivity index (χ4v) is 2.05. The Morgan fingerprint density at radius 3 is 2.32 bits per heavy atom. The summed E-state index contributed by atoms with van der Waals surface area (Å²) >= 11 is 0. The van der Waals surface area contributed by atoms with Crippen LogP contribution in [0.25, 0.3) is 0 Å². The molecule has 1 aromatic carbocycles. The van der Waals surface area contributed by atoms with E-state index in [4.69, 9.17) is 0 Å². The molecular weight excluding hydrogens is 244 g/mol. The monoisotopic (exact) mass is 269 g/mol. The summed E-state index contributed by atoms with van der Waals surface area (Å²) in [6.07, 6.45) is 3.92. The van der Waals surface area contributed by atoms with Gasteiger partial charge in [-0.1, -0.05) is 56.9 Å². The van der Waals surface area contributed by atoms with Crippen molar-refractivity contribution in [2.75, 3.05) is 0 Å². The van der Waals surface area contributed by atoms with Crippen LogP contribution in [0, 0.1) is 0 Å². The van der Waals surface area contributed by atoms with Crippen molar-refractivity contribution in [3.8, 4) is 0 Å². The third kappa shape index (κ3) is 6.67. The quantitative estimate of drug-likeness (QED) is 0.617. The highest BCUT2D eigenvalue weighted by Crippen LogP contribution is 2.18. The molecule has 0 fully saturated rings. The van der Waals surface area contributed by atoms with Gasteiger partial charge in [-0.2, -0.15) is 0 Å². The van der Waals surface area contributed by atoms with Crippen LogP contribution in [-0.4, -0.2) is 6.04 Å². The van der Waals surface area contributed by atoms with Gasteiger partial charge in [-0.15, -0.1) is 0 Å². The molecule has 0 aliphatic carbocycles. The standard InChI is InChI=1S/C16H25F2N/c1-3-4-5-6-7-13(2)19-12-14-8-10-15(11-9-14)16(17)18/h8-11,13,16,19H,3-7,12H2,1-2H3. The molecule has 108 valence electrons. The molecule has 0 amide bonds. The van der Waals surface area contributed by atoms with E-state index in [-0.39, 0.29) is 5.56 Å². The average molecular weight is 269 g/mol. The molecule has 1 nitrogen and oxygen atoms in total. The Bertz CT molecular complexity index is 335. The number of rotatable bonds is 9. The molecule has 1 N–H and O–H groups in total. The number of benzene rings is 1. The SMILES string of the molecule is CCCCCCC(C)NCc1ccc(C(F)F)cc1. The predicted molar refractivity (Wildman–Crippen MR) is 76.5 cm³/mol. The first-order chi connectivity index (χ1) is 9.13. The summed E-state index contributed by atoms with van der Waals surface area (Å²) < 4.78 is 24.8. The van der Waals surface area contributed by atoms with Gasteiger partial charge in [0, 0.05) is 18.2 Å². The van der Waals surface area contributed by atoms with Crippen LogP contribution in [0.3, 0.4) is 0 Å². The van der Waals surface area contributed by atoms with Gasteiger partial charge < -0.3 is 5.32 Å². The maximum absolute atomic E-state index is 12.4. The number of halogens is 2. The summed E-state index contributed by atoms with van der Waals surface area (Å²) in [7, 11) is 0. The summed E-state index contributed by atoms with van der Waals surface area (Å²) in [5.74, 6) is 0. The van der Waals surface area contributed by atoms with E-state index >= 15 is 0 Å². The zero-order chi connectivity index (χ0) is 14.1. The summed E-state index contributed by atoms with van der Waals surface area (Å²) in [4.78, 5) is 0. The second kappa shape index (κ2) is 9.03. The second-order valence-electron chi connectivity index (χ2n) is 5.17. The first-order valence-electron chi connectivity index (χ1n) is 7.23. The van der Waals surface area contributed by atoms with Crippen molar-refractivity contribution >= 4 is 0 Å². The second-order valence-corrected chi connectivity index (χ2v) is 5.17. The molecule has 3 heteroatoms. The number of hydrogen-bond acceptors (Lipinski definition) is 1. The van der Waals surface area contributed by atoms with Crippen LogP contribution < -0.4 is 5.32 Å². The fourth-order valence-electron chi connectivity index (χ4n) is 2.05. The molecular formula is C16H25F2N. The molecule has 0 saturated carbocycles. The van der Waals surface area contributed by atoms with Gasteiger partial charge in [0.25, 0.3) is 6.43 Å². The minimum Gasteiger partial charge on any atom is -0.310 e. The van der Waals surface area contributed by atoms with E-state index in [0.717, 1.165) is 12.1 Å². The molecule has 0 radical (unpaired) electrons. The van der Waals surface area contributed by atoms with Gasteiger partial charge in [0.2, 0.25) is 0 Å². The van der Waals surface area contributed by atoms with Crippen molar-refractivity contribution in [3.63, 3.8) is 0 Å². The molecule has 0 spiro atoms. The van der Waals surface area contributed by atoms with Crippen LogP contribution in [0.15, 0.2) is 24.3 Å². The zero-order valence-corrected chi connectivity index (χ0v) is 12.0. The van der Waals surface area contributed by atoms with E-state index in [9.17, 15) is 8.78 Å². The Balaban J connectivity index is 2.24. The smallest absolute Gasteiger partial charge is 0.263 e. The molecule has 0 aromatic heterocycles. The van der Waals surface area contributed by atoms with Gasteiger partial charge in [0.1, 0.15) is 0 Å². The summed E-state index contributed by atoms with van der Waals surface area (Å²) in [6, 6.07) is 7.05. The molecule has 0 aliphatic heterocycles. The maximum Gasteiger partial charge on any atom is 0.263 e. The fraction of sp³-hybridized carbons (Fsp3) is 0.625. The van der Waals surface area contributed by atoms with Crippen molar-refractivity contribution in [2.24, 2.45) is 0 Å². The van der Waals surface area contributed by atoms with Crippen molar-refractivity contribution in [2.45, 2.75) is 65.0 Å². The van der Waals surface area contributed by atoms with Gasteiger partial charge in [0.05, 0.1) is 0 Å². The molecule has 1 unspecified atom stereocenters. The molecule has 0 heterocycles. The maximum atomic E-state index is 12.4. The van der Waals surface area contributed by atoms with Crippen molar-refractivity contribution in [1.82, 2.24) is 5.32 Å². The lowest BCUT2D eigenvalue weighted by Gasteiger charge is -2.14. The predicted octanol–water partition coefficient (Wildman–Crippen LogP) is 5.07. The molecule has 19 heavy (non-hydrogen) atoms. The first kappa shape index (κ1) is 16.1. The van der Waals surface area contributed by atoms with Gasteiger partial charge in [-0.25, -0.2) is 8.78 Å². The summed E-state index contributed by atoms with van der Waals surface area (Å²) in [6.45, 7) is 5.14. The van der Waals surface area contributed by atoms with Gasteiger partial charge in [-0.3, -0.25) is 0 Å². The van der Waals surface area contributed by atoms with E-state index in [0.29, 0.717) is 6.04 Å². The van der Waals surface area contributed by atoms with Gasteiger partial charge in [-0.05, 0) is 18.9 Å². The van der Waals surface area contributed by atoms with E-state index in [1.54, 1.807) is 12.1 Å². The summed E-state index contributed by atoms with van der Waals surface area (Å²) in [5, 5.41) is 3.44. The molecule has 1 atom stereocenters. The lowest BCUT2D eigenvalue weighted by molar-refractivity contribution is 0.151. The largest absolute Gasteiger partial charge is 0.310 e. The normalized spacial score (nSPS) is 12.9. The Labute approximate surface area is 115 Å². The Hall–Kier alpha value is -0.960. The highest BCUT2D eigenvalue weighted by atomic mass is 19.3. The summed E-state index contributed by atoms with van der Waals surface area (Å²) in [5.41, 5.74) is 1.15. The van der Waals surface area contributed by atoms with Crippen LogP contribution in [0.2, 0.25) is 0 Å². The van der Waals surface area contributed by atoms with Crippen LogP contribution in [0.5, 0.6) is 0 Å². The lowest BCUT2D eigenvalue weighted by Crippen LogP contribution is -2.25. The zero-order valence-electron chi connectivity index (χ0n) is 12.0. The van der Waals surface area contributed by atoms with Crippen molar-refractivity contribution in [1.29, 1.82) is 0 Å².